The first-order chi connectivity index (χ1) is 21.4. The quantitative estimate of drug-likeness (QED) is 0.171. The first kappa shape index (κ1) is 32.9. The van der Waals surface area contributed by atoms with E-state index in [1.807, 2.05) is 24.3 Å². The van der Waals surface area contributed by atoms with Crippen LogP contribution < -0.4 is 0 Å². The van der Waals surface area contributed by atoms with Crippen molar-refractivity contribution >= 4 is 31.9 Å². The average Bonchev–Trinajstić information content (AvgIpc) is 3.05. The molecule has 2 aliphatic heterocycles. The molecule has 0 N–H and O–H groups in total. The summed E-state index contributed by atoms with van der Waals surface area (Å²) in [5.41, 5.74) is 4.46. The zero-order valence-corrected chi connectivity index (χ0v) is 27.8. The van der Waals surface area contributed by atoms with Crippen LogP contribution in [-0.2, 0) is 22.6 Å². The third-order valence-electron chi connectivity index (χ3n) is 7.84. The molecule has 2 saturated heterocycles. The molecule has 232 valence electrons. The minimum absolute atomic E-state index is 0.00164. The van der Waals surface area contributed by atoms with Crippen molar-refractivity contribution < 1.29 is 18.3 Å². The van der Waals surface area contributed by atoms with Crippen LogP contribution in [0.25, 0.3) is 0 Å². The lowest BCUT2D eigenvalue weighted by atomic mass is 10.1. The van der Waals surface area contributed by atoms with Crippen LogP contribution in [0, 0.1) is 11.6 Å². The Labute approximate surface area is 276 Å². The molecule has 4 nitrogen and oxygen atoms in total. The summed E-state index contributed by atoms with van der Waals surface area (Å²) >= 11 is 7.35. The summed E-state index contributed by atoms with van der Waals surface area (Å²) in [5.74, 6) is -0.419. The molecule has 44 heavy (non-hydrogen) atoms. The molecule has 4 aromatic carbocycles. The highest BCUT2D eigenvalue weighted by Gasteiger charge is 2.29. The Morgan fingerprint density at radius 1 is 0.591 bits per heavy atom. The smallest absolute Gasteiger partial charge is 0.123 e. The topological polar surface area (TPSA) is 24.9 Å². The van der Waals surface area contributed by atoms with E-state index in [1.165, 1.54) is 23.3 Å². The van der Waals surface area contributed by atoms with Crippen LogP contribution in [-0.4, -0.2) is 61.4 Å². The van der Waals surface area contributed by atoms with Crippen molar-refractivity contribution in [2.45, 2.75) is 35.0 Å². The number of alkyl halides is 2. The Morgan fingerprint density at radius 3 is 1.39 bits per heavy atom. The number of hydrogen-bond donors (Lipinski definition) is 0. The van der Waals surface area contributed by atoms with Crippen molar-refractivity contribution in [2.24, 2.45) is 0 Å². The van der Waals surface area contributed by atoms with Gasteiger partial charge in [-0.25, -0.2) is 8.78 Å². The first-order valence-electron chi connectivity index (χ1n) is 15.0. The Bertz CT molecular complexity index is 1320. The normalized spacial score (nSPS) is 20.7. The Morgan fingerprint density at radius 2 is 1.00 bits per heavy atom. The molecule has 0 saturated carbocycles. The fourth-order valence-corrected chi connectivity index (χ4v) is 6.78. The van der Waals surface area contributed by atoms with E-state index >= 15 is 0 Å². The number of benzene rings is 4. The van der Waals surface area contributed by atoms with Gasteiger partial charge in [-0.05, 0) is 46.5 Å². The minimum atomic E-state index is -0.209. The molecule has 0 bridgehead atoms. The van der Waals surface area contributed by atoms with Gasteiger partial charge in [0.15, 0.2) is 0 Å². The van der Waals surface area contributed by atoms with Crippen LogP contribution >= 0.6 is 31.9 Å². The maximum absolute atomic E-state index is 13.4. The Balaban J connectivity index is 0.000000175. The van der Waals surface area contributed by atoms with E-state index in [4.69, 9.17) is 9.47 Å². The second-order valence-corrected chi connectivity index (χ2v) is 13.1. The summed E-state index contributed by atoms with van der Waals surface area (Å²) in [6.07, 6.45) is 0.0542. The molecule has 2 heterocycles. The molecule has 0 aromatic heterocycles. The highest BCUT2D eigenvalue weighted by atomic mass is 79.9. The number of halogens is 4. The van der Waals surface area contributed by atoms with Crippen molar-refractivity contribution in [1.82, 2.24) is 9.80 Å². The van der Waals surface area contributed by atoms with E-state index in [0.717, 1.165) is 50.4 Å². The molecular formula is C36H38Br2F2N2O2. The number of hydrogen-bond acceptors (Lipinski definition) is 4. The standard InChI is InChI=1S/2C18H19BrFNO/c2*19-18(15-7-4-8-16(20)11-15)17-13-21(9-10-22-17)12-14-5-2-1-3-6-14/h2*1-8,11,17-18H,9-10,12-13H2/t2*17-,18+/m10/s1. The summed E-state index contributed by atoms with van der Waals surface area (Å²) in [7, 11) is 0. The van der Waals surface area contributed by atoms with Crippen LogP contribution in [0.3, 0.4) is 0 Å². The lowest BCUT2D eigenvalue weighted by Gasteiger charge is -2.35. The second kappa shape index (κ2) is 16.7. The van der Waals surface area contributed by atoms with Crippen LogP contribution in [0.1, 0.15) is 31.9 Å². The van der Waals surface area contributed by atoms with E-state index in [0.29, 0.717) is 13.2 Å². The third kappa shape index (κ3) is 9.77. The van der Waals surface area contributed by atoms with E-state index < -0.39 is 0 Å². The SMILES string of the molecule is Fc1cccc([C@@H](Br)[C@@H]2CN(Cc3ccccc3)CCO2)c1.Fc1cccc([C@H](Br)[C@H]2CN(Cc3ccccc3)CCO2)c1. The Kier molecular flexibility index (Phi) is 12.5. The predicted molar refractivity (Wildman–Crippen MR) is 179 cm³/mol. The van der Waals surface area contributed by atoms with E-state index in [1.54, 1.807) is 24.3 Å². The molecule has 0 amide bonds. The molecule has 2 aliphatic rings. The number of nitrogens with zero attached hydrogens (tertiary/aromatic N) is 2. The van der Waals surface area contributed by atoms with Gasteiger partial charge in [-0.1, -0.05) is 117 Å². The van der Waals surface area contributed by atoms with Gasteiger partial charge in [0.25, 0.3) is 0 Å². The van der Waals surface area contributed by atoms with Crippen molar-refractivity contribution in [2.75, 3.05) is 39.4 Å². The third-order valence-corrected chi connectivity index (χ3v) is 10.1. The van der Waals surface area contributed by atoms with Gasteiger partial charge in [0.05, 0.1) is 35.1 Å². The molecule has 6 rings (SSSR count). The average molecular weight is 729 g/mol. The van der Waals surface area contributed by atoms with E-state index in [9.17, 15) is 8.78 Å². The number of ether oxygens (including phenoxy) is 2. The maximum Gasteiger partial charge on any atom is 0.123 e. The Hall–Kier alpha value is -2.46. The van der Waals surface area contributed by atoms with Crippen LogP contribution in [0.15, 0.2) is 109 Å². The van der Waals surface area contributed by atoms with Gasteiger partial charge < -0.3 is 9.47 Å². The molecule has 0 aliphatic carbocycles. The molecule has 2 fully saturated rings. The first-order valence-corrected chi connectivity index (χ1v) is 16.8. The van der Waals surface area contributed by atoms with Crippen molar-refractivity contribution in [3.63, 3.8) is 0 Å². The number of morpholine rings is 2. The number of rotatable bonds is 8. The highest BCUT2D eigenvalue weighted by molar-refractivity contribution is 9.09. The van der Waals surface area contributed by atoms with Gasteiger partial charge in [0.1, 0.15) is 11.6 Å². The molecule has 4 atom stereocenters. The lowest BCUT2D eigenvalue weighted by molar-refractivity contribution is -0.0312. The largest absolute Gasteiger partial charge is 0.374 e. The summed E-state index contributed by atoms with van der Waals surface area (Å²) in [6.45, 7) is 6.77. The molecule has 0 radical (unpaired) electrons. The van der Waals surface area contributed by atoms with Gasteiger partial charge in [-0.15, -0.1) is 0 Å². The molecule has 0 spiro atoms. The lowest BCUT2D eigenvalue weighted by Crippen LogP contribution is -2.43. The summed E-state index contributed by atoms with van der Waals surface area (Å²) in [6, 6.07) is 34.3. The van der Waals surface area contributed by atoms with Gasteiger partial charge in [0.2, 0.25) is 0 Å². The summed E-state index contributed by atoms with van der Waals surface area (Å²) < 4.78 is 38.6. The zero-order chi connectivity index (χ0) is 30.7. The van der Waals surface area contributed by atoms with Gasteiger partial charge in [0, 0.05) is 39.3 Å². The van der Waals surface area contributed by atoms with Gasteiger partial charge >= 0.3 is 0 Å². The van der Waals surface area contributed by atoms with Crippen molar-refractivity contribution in [3.8, 4) is 0 Å². The summed E-state index contributed by atoms with van der Waals surface area (Å²) in [5, 5.41) is 0. The highest BCUT2D eigenvalue weighted by Crippen LogP contribution is 2.32. The van der Waals surface area contributed by atoms with E-state index in [2.05, 4.69) is 90.2 Å². The van der Waals surface area contributed by atoms with Gasteiger partial charge in [-0.3, -0.25) is 9.80 Å². The maximum atomic E-state index is 13.4. The van der Waals surface area contributed by atoms with Crippen LogP contribution in [0.2, 0.25) is 0 Å². The van der Waals surface area contributed by atoms with E-state index in [-0.39, 0.29) is 33.5 Å². The van der Waals surface area contributed by atoms with Crippen molar-refractivity contribution in [3.05, 3.63) is 143 Å². The van der Waals surface area contributed by atoms with Crippen LogP contribution in [0.5, 0.6) is 0 Å². The minimum Gasteiger partial charge on any atom is -0.374 e. The summed E-state index contributed by atoms with van der Waals surface area (Å²) in [4.78, 5) is 4.78. The van der Waals surface area contributed by atoms with Gasteiger partial charge in [-0.2, -0.15) is 0 Å². The second-order valence-electron chi connectivity index (χ2n) is 11.2. The van der Waals surface area contributed by atoms with Crippen LogP contribution in [0.4, 0.5) is 8.78 Å². The molecule has 8 heteroatoms. The molecule has 4 aromatic rings. The molecular weight excluding hydrogens is 690 g/mol. The monoisotopic (exact) mass is 726 g/mol. The zero-order valence-electron chi connectivity index (χ0n) is 24.6. The fourth-order valence-electron chi connectivity index (χ4n) is 5.57. The van der Waals surface area contributed by atoms with Crippen molar-refractivity contribution in [1.29, 1.82) is 0 Å². The molecule has 0 unspecified atom stereocenters. The predicted octanol–water partition coefficient (Wildman–Crippen LogP) is 8.33. The fraction of sp³-hybridized carbons (Fsp3) is 0.333.